The third-order valence-electron chi connectivity index (χ3n) is 15.6. The topological polar surface area (TPSA) is 46.6 Å². The second-order valence-electron chi connectivity index (χ2n) is 19.5. The molecule has 2 aromatic heterocycles. The Kier molecular flexibility index (Phi) is 8.73. The number of fused-ring (bicyclic) bond motifs is 13. The number of aromatic nitrogens is 2. The smallest absolute Gasteiger partial charge is 0.159 e. The molecule has 332 valence electrons. The lowest BCUT2D eigenvalue weighted by Crippen LogP contribution is -2.35. The van der Waals surface area contributed by atoms with Crippen LogP contribution < -0.4 is 5.32 Å². The zero-order valence-corrected chi connectivity index (χ0v) is 38.6. The predicted molar refractivity (Wildman–Crippen MR) is 293 cm³/mol. The minimum absolute atomic E-state index is 0.230. The van der Waals surface area contributed by atoms with E-state index in [2.05, 4.69) is 227 Å². The van der Waals surface area contributed by atoms with Gasteiger partial charge < -0.3 is 14.5 Å². The first-order chi connectivity index (χ1) is 34.7. The number of hydrogen-bond acceptors (Lipinski definition) is 3. The molecule has 3 unspecified atom stereocenters. The third-order valence-corrected chi connectivity index (χ3v) is 15.6. The monoisotopic (exact) mass is 897 g/mol. The first-order valence-corrected chi connectivity index (χ1v) is 24.9. The summed E-state index contributed by atoms with van der Waals surface area (Å²) >= 11 is 0. The van der Waals surface area contributed by atoms with Crippen molar-refractivity contribution in [2.24, 2.45) is 15.9 Å². The Morgan fingerprint density at radius 1 is 0.557 bits per heavy atom. The number of allylic oxidation sites excluding steroid dienone is 5. The molecule has 0 fully saturated rings. The van der Waals surface area contributed by atoms with Gasteiger partial charge in [-0.15, -0.1) is 0 Å². The van der Waals surface area contributed by atoms with Gasteiger partial charge in [-0.1, -0.05) is 182 Å². The van der Waals surface area contributed by atoms with Gasteiger partial charge in [-0.2, -0.15) is 0 Å². The summed E-state index contributed by atoms with van der Waals surface area (Å²) in [7, 11) is 0. The minimum atomic E-state index is -0.413. The zero-order valence-electron chi connectivity index (χ0n) is 38.6. The van der Waals surface area contributed by atoms with E-state index in [9.17, 15) is 0 Å². The van der Waals surface area contributed by atoms with E-state index >= 15 is 0 Å². The number of aryl methyl sites for hydroxylation is 1. The number of nitrogens with zero attached hydrogens (tertiary/aromatic N) is 4. The Hall–Kier alpha value is -8.54. The Labute approximate surface area is 406 Å². The molecule has 15 rings (SSSR count). The maximum absolute atomic E-state index is 5.57. The molecule has 0 amide bonds. The molecule has 3 atom stereocenters. The Bertz CT molecular complexity index is 4110. The van der Waals surface area contributed by atoms with Gasteiger partial charge in [0.25, 0.3) is 0 Å². The molecule has 8 aromatic carbocycles. The van der Waals surface area contributed by atoms with E-state index < -0.39 is 6.17 Å². The third kappa shape index (κ3) is 6.04. The van der Waals surface area contributed by atoms with Crippen molar-refractivity contribution in [1.82, 2.24) is 14.5 Å². The molecular weight excluding hydrogens is 851 g/mol. The predicted octanol–water partition coefficient (Wildman–Crippen LogP) is 15.3. The summed E-state index contributed by atoms with van der Waals surface area (Å²) in [5.41, 5.74) is 17.4. The summed E-state index contributed by atoms with van der Waals surface area (Å²) in [5.74, 6) is 2.10. The van der Waals surface area contributed by atoms with Gasteiger partial charge in [0, 0.05) is 67.2 Å². The number of aliphatic imine (C=N–C) groups is 2. The fourth-order valence-corrected chi connectivity index (χ4v) is 12.4. The van der Waals surface area contributed by atoms with Crippen LogP contribution >= 0.6 is 0 Å². The number of para-hydroxylation sites is 1. The fraction of sp³-hybridized carbons (Fsp3) is 0.108. The van der Waals surface area contributed by atoms with Crippen LogP contribution in [0.2, 0.25) is 0 Å². The van der Waals surface area contributed by atoms with Crippen molar-refractivity contribution in [2.45, 2.75) is 37.8 Å². The van der Waals surface area contributed by atoms with Crippen LogP contribution in [0.15, 0.2) is 210 Å². The van der Waals surface area contributed by atoms with Gasteiger partial charge in [-0.05, 0) is 94.3 Å². The van der Waals surface area contributed by atoms with Crippen molar-refractivity contribution in [1.29, 1.82) is 0 Å². The number of nitrogens with one attached hydrogen (secondary N) is 1. The highest BCUT2D eigenvalue weighted by Crippen LogP contribution is 2.46. The Balaban J connectivity index is 0.940. The van der Waals surface area contributed by atoms with Crippen LogP contribution in [-0.4, -0.2) is 20.8 Å². The molecule has 5 nitrogen and oxygen atoms in total. The standard InChI is InChI=1S/C65H47N5/c1-2-17-43(18-3-1)63-66-64(47-29-32-50-46(36-47)27-26-40-14-6-9-21-49(40)50)68-65(67-63)54-33-28-42-16-8-11-23-52(42)62(54)70-58-35-31-48(39-56(58)55-37-44-19-4-5-20-45(44)38-60(55)70)69-57-25-13-12-24-53(57)61-51-22-10-7-15-41(51)30-34-59(61)69/h1-7,9-15,17-30,32-34,36-39,46,50,65H,8,16,31,35H2,(H,66,67,68). The van der Waals surface area contributed by atoms with Gasteiger partial charge in [0.2, 0.25) is 0 Å². The van der Waals surface area contributed by atoms with Crippen molar-refractivity contribution in [2.75, 3.05) is 0 Å². The molecule has 0 bridgehead atoms. The zero-order chi connectivity index (χ0) is 45.9. The molecule has 3 heterocycles. The average molecular weight is 898 g/mol. The highest BCUT2D eigenvalue weighted by Gasteiger charge is 2.33. The summed E-state index contributed by atoms with van der Waals surface area (Å²) in [6.07, 6.45) is 22.3. The largest absolute Gasteiger partial charge is 0.344 e. The summed E-state index contributed by atoms with van der Waals surface area (Å²) in [4.78, 5) is 10.9. The molecule has 10 aromatic rings. The highest BCUT2D eigenvalue weighted by molar-refractivity contribution is 6.22. The van der Waals surface area contributed by atoms with Crippen LogP contribution in [0.1, 0.15) is 69.6 Å². The van der Waals surface area contributed by atoms with E-state index in [1.54, 1.807) is 0 Å². The SMILES string of the molecule is C1=Cc2c(ccc(C3N=C(c4ccccc4)N=C(C4=CC5C=Cc6ccccc6C5C=C4)N3)c2-n2c3c(c4cc5ccccc5cc42)C=C(n2c4ccccc4c4c5ccccc5ccc42)CC3)CC1. The quantitative estimate of drug-likeness (QED) is 0.184. The molecule has 70 heavy (non-hydrogen) atoms. The van der Waals surface area contributed by atoms with Crippen molar-refractivity contribution in [3.63, 3.8) is 0 Å². The van der Waals surface area contributed by atoms with E-state index in [1.807, 2.05) is 0 Å². The summed E-state index contributed by atoms with van der Waals surface area (Å²) in [6, 6.07) is 60.1. The highest BCUT2D eigenvalue weighted by atomic mass is 15.2. The van der Waals surface area contributed by atoms with Crippen molar-refractivity contribution >= 4 is 89.9 Å². The van der Waals surface area contributed by atoms with Gasteiger partial charge >= 0.3 is 0 Å². The minimum Gasteiger partial charge on any atom is -0.344 e. The van der Waals surface area contributed by atoms with Crippen molar-refractivity contribution in [3.05, 3.63) is 244 Å². The second-order valence-corrected chi connectivity index (χ2v) is 19.5. The molecule has 5 aliphatic rings. The molecule has 0 saturated carbocycles. The van der Waals surface area contributed by atoms with Crippen LogP contribution in [0.3, 0.4) is 0 Å². The molecule has 4 aliphatic carbocycles. The van der Waals surface area contributed by atoms with Crippen LogP contribution in [-0.2, 0) is 12.8 Å². The second kappa shape index (κ2) is 15.5. The Morgan fingerprint density at radius 2 is 1.36 bits per heavy atom. The maximum atomic E-state index is 5.57. The molecule has 1 aliphatic heterocycles. The lowest BCUT2D eigenvalue weighted by atomic mass is 9.76. The van der Waals surface area contributed by atoms with Gasteiger partial charge in [-0.3, -0.25) is 0 Å². The molecule has 1 N–H and O–H groups in total. The van der Waals surface area contributed by atoms with Gasteiger partial charge in [0.05, 0.1) is 22.2 Å². The van der Waals surface area contributed by atoms with Gasteiger partial charge in [0.1, 0.15) is 12.0 Å². The molecular formula is C65H47N5. The fourth-order valence-electron chi connectivity index (χ4n) is 12.4. The van der Waals surface area contributed by atoms with Crippen LogP contribution in [0.25, 0.3) is 83.9 Å². The first-order valence-electron chi connectivity index (χ1n) is 24.9. The van der Waals surface area contributed by atoms with E-state index in [0.29, 0.717) is 5.92 Å². The van der Waals surface area contributed by atoms with E-state index in [0.717, 1.165) is 54.1 Å². The number of benzene rings is 8. The van der Waals surface area contributed by atoms with Crippen LogP contribution in [0, 0.1) is 5.92 Å². The maximum Gasteiger partial charge on any atom is 0.159 e. The molecule has 0 saturated heterocycles. The molecule has 0 radical (unpaired) electrons. The van der Waals surface area contributed by atoms with Gasteiger partial charge in [0.15, 0.2) is 5.84 Å². The van der Waals surface area contributed by atoms with E-state index in [1.165, 1.54) is 99.1 Å². The first kappa shape index (κ1) is 39.5. The van der Waals surface area contributed by atoms with Crippen molar-refractivity contribution < 1.29 is 0 Å². The summed E-state index contributed by atoms with van der Waals surface area (Å²) in [5, 5.41) is 12.9. The summed E-state index contributed by atoms with van der Waals surface area (Å²) < 4.78 is 5.18. The lowest BCUT2D eigenvalue weighted by molar-refractivity contribution is 0.661. The van der Waals surface area contributed by atoms with E-state index in [4.69, 9.17) is 9.98 Å². The van der Waals surface area contributed by atoms with Gasteiger partial charge in [-0.25, -0.2) is 9.98 Å². The Morgan fingerprint density at radius 3 is 2.27 bits per heavy atom. The lowest BCUT2D eigenvalue weighted by Gasteiger charge is -2.32. The van der Waals surface area contributed by atoms with E-state index in [-0.39, 0.29) is 5.92 Å². The van der Waals surface area contributed by atoms with Crippen LogP contribution in [0.4, 0.5) is 0 Å². The van der Waals surface area contributed by atoms with Crippen LogP contribution in [0.5, 0.6) is 0 Å². The normalized spacial score (nSPS) is 19.1. The number of hydrogen-bond donors (Lipinski definition) is 1. The molecule has 5 heteroatoms. The van der Waals surface area contributed by atoms with Crippen molar-refractivity contribution in [3.8, 4) is 5.69 Å². The summed E-state index contributed by atoms with van der Waals surface area (Å²) in [6.45, 7) is 0. The average Bonchev–Trinajstić information content (AvgIpc) is 3.94. The molecule has 0 spiro atoms. The number of amidine groups is 2. The number of rotatable bonds is 5.